The van der Waals surface area contributed by atoms with Crippen molar-refractivity contribution < 1.29 is 9.53 Å². The Balaban J connectivity index is 3.01. The second kappa shape index (κ2) is 6.30. The molecule has 1 unspecified atom stereocenters. The first-order valence-corrected chi connectivity index (χ1v) is 5.92. The van der Waals surface area contributed by atoms with E-state index in [1.165, 1.54) is 7.11 Å². The summed E-state index contributed by atoms with van der Waals surface area (Å²) in [5.74, 6) is 0.153. The molecule has 98 valence electrons. The molecule has 0 aliphatic heterocycles. The summed E-state index contributed by atoms with van der Waals surface area (Å²) in [6, 6.07) is 3.43. The predicted molar refractivity (Wildman–Crippen MR) is 74.8 cm³/mol. The van der Waals surface area contributed by atoms with Crippen molar-refractivity contribution in [3.8, 4) is 0 Å². The molecule has 0 bridgehead atoms. The highest BCUT2D eigenvalue weighted by molar-refractivity contribution is 7.80. The van der Waals surface area contributed by atoms with Gasteiger partial charge in [-0.25, -0.2) is 9.78 Å². The fourth-order valence-corrected chi connectivity index (χ4v) is 1.83. The summed E-state index contributed by atoms with van der Waals surface area (Å²) in [5.41, 5.74) is 5.95. The van der Waals surface area contributed by atoms with E-state index >= 15 is 0 Å². The van der Waals surface area contributed by atoms with E-state index < -0.39 is 5.97 Å². The summed E-state index contributed by atoms with van der Waals surface area (Å²) in [6.07, 6.45) is 2.19. The highest BCUT2D eigenvalue weighted by atomic mass is 32.1. The van der Waals surface area contributed by atoms with Gasteiger partial charge in [0, 0.05) is 25.7 Å². The Labute approximate surface area is 112 Å². The van der Waals surface area contributed by atoms with Gasteiger partial charge >= 0.3 is 5.97 Å². The first kappa shape index (κ1) is 14.4. The molecule has 0 aliphatic rings. The molecule has 1 rings (SSSR count). The van der Waals surface area contributed by atoms with Crippen LogP contribution in [0.2, 0.25) is 0 Å². The van der Waals surface area contributed by atoms with E-state index in [1.807, 2.05) is 18.9 Å². The molecule has 1 aromatic heterocycles. The molecule has 0 aromatic carbocycles. The second-order valence-corrected chi connectivity index (χ2v) is 4.52. The van der Waals surface area contributed by atoms with Crippen LogP contribution >= 0.6 is 12.2 Å². The molecule has 1 heterocycles. The van der Waals surface area contributed by atoms with Crippen molar-refractivity contribution in [2.24, 2.45) is 5.73 Å². The van der Waals surface area contributed by atoms with E-state index in [-0.39, 0.29) is 6.04 Å². The molecule has 0 radical (unpaired) electrons. The topological polar surface area (TPSA) is 68.5 Å². The second-order valence-electron chi connectivity index (χ2n) is 4.00. The number of carbonyl (C=O) groups is 1. The van der Waals surface area contributed by atoms with Crippen LogP contribution < -0.4 is 10.6 Å². The third-order valence-corrected chi connectivity index (χ3v) is 2.85. The standard InChI is InChI=1S/C12H17N3O2S/c1-8(7-10(13)18)15(2)11-9(12(16)17-3)5-4-6-14-11/h4-6,8H,7H2,1-3H3,(H2,13,18). The lowest BCUT2D eigenvalue weighted by molar-refractivity contribution is 0.0601. The van der Waals surface area contributed by atoms with Crippen molar-refractivity contribution in [3.63, 3.8) is 0 Å². The Morgan fingerprint density at radius 1 is 1.67 bits per heavy atom. The van der Waals surface area contributed by atoms with E-state index in [9.17, 15) is 4.79 Å². The zero-order valence-electron chi connectivity index (χ0n) is 10.7. The summed E-state index contributed by atoms with van der Waals surface area (Å²) >= 11 is 4.89. The van der Waals surface area contributed by atoms with E-state index in [0.29, 0.717) is 22.8 Å². The lowest BCUT2D eigenvalue weighted by Gasteiger charge is -2.26. The number of carbonyl (C=O) groups excluding carboxylic acids is 1. The van der Waals surface area contributed by atoms with Crippen LogP contribution in [0.4, 0.5) is 5.82 Å². The maximum Gasteiger partial charge on any atom is 0.341 e. The lowest BCUT2D eigenvalue weighted by Crippen LogP contribution is -2.34. The number of ether oxygens (including phenoxy) is 1. The van der Waals surface area contributed by atoms with E-state index in [1.54, 1.807) is 18.3 Å². The molecule has 2 N–H and O–H groups in total. The molecular formula is C12H17N3O2S. The number of aromatic nitrogens is 1. The number of nitrogens with zero attached hydrogens (tertiary/aromatic N) is 2. The fourth-order valence-electron chi connectivity index (χ4n) is 1.58. The van der Waals surface area contributed by atoms with Gasteiger partial charge in [0.25, 0.3) is 0 Å². The average Bonchev–Trinajstić information content (AvgIpc) is 2.36. The molecule has 1 atom stereocenters. The SMILES string of the molecule is COC(=O)c1cccnc1N(C)C(C)CC(N)=S. The van der Waals surface area contributed by atoms with Crippen LogP contribution in [0, 0.1) is 0 Å². The van der Waals surface area contributed by atoms with Crippen LogP contribution in [-0.4, -0.2) is 36.1 Å². The van der Waals surface area contributed by atoms with Crippen molar-refractivity contribution in [2.75, 3.05) is 19.1 Å². The predicted octanol–water partition coefficient (Wildman–Crippen LogP) is 1.37. The number of hydrogen-bond acceptors (Lipinski definition) is 5. The van der Waals surface area contributed by atoms with Crippen molar-refractivity contribution in [2.45, 2.75) is 19.4 Å². The molecule has 18 heavy (non-hydrogen) atoms. The van der Waals surface area contributed by atoms with Crippen LogP contribution in [0.15, 0.2) is 18.3 Å². The van der Waals surface area contributed by atoms with Crippen LogP contribution in [0.25, 0.3) is 0 Å². The van der Waals surface area contributed by atoms with E-state index in [4.69, 9.17) is 22.7 Å². The number of methoxy groups -OCH3 is 1. The zero-order valence-corrected chi connectivity index (χ0v) is 11.5. The van der Waals surface area contributed by atoms with Crippen molar-refractivity contribution >= 4 is 29.0 Å². The van der Waals surface area contributed by atoms with Gasteiger partial charge in [0.05, 0.1) is 12.1 Å². The van der Waals surface area contributed by atoms with E-state index in [2.05, 4.69) is 4.98 Å². The van der Waals surface area contributed by atoms with Crippen LogP contribution in [-0.2, 0) is 4.74 Å². The molecule has 0 spiro atoms. The van der Waals surface area contributed by atoms with Gasteiger partial charge in [0.15, 0.2) is 0 Å². The molecule has 0 amide bonds. The van der Waals surface area contributed by atoms with Crippen molar-refractivity contribution in [3.05, 3.63) is 23.9 Å². The smallest absolute Gasteiger partial charge is 0.341 e. The molecule has 0 aliphatic carbocycles. The molecule has 6 heteroatoms. The Hall–Kier alpha value is -1.69. The number of hydrogen-bond donors (Lipinski definition) is 1. The van der Waals surface area contributed by atoms with Gasteiger partial charge in [-0.1, -0.05) is 12.2 Å². The summed E-state index contributed by atoms with van der Waals surface area (Å²) in [6.45, 7) is 1.97. The van der Waals surface area contributed by atoms with Gasteiger partial charge in [0.1, 0.15) is 11.4 Å². The third kappa shape index (κ3) is 3.40. The third-order valence-electron chi connectivity index (χ3n) is 2.68. The molecule has 0 fully saturated rings. The van der Waals surface area contributed by atoms with Gasteiger partial charge in [0.2, 0.25) is 0 Å². The normalized spacial score (nSPS) is 11.7. The summed E-state index contributed by atoms with van der Waals surface area (Å²) < 4.78 is 4.73. The van der Waals surface area contributed by atoms with Crippen LogP contribution in [0.1, 0.15) is 23.7 Å². The largest absolute Gasteiger partial charge is 0.465 e. The number of anilines is 1. The lowest BCUT2D eigenvalue weighted by atomic mass is 10.1. The first-order valence-electron chi connectivity index (χ1n) is 5.51. The highest BCUT2D eigenvalue weighted by Gasteiger charge is 2.19. The van der Waals surface area contributed by atoms with E-state index in [0.717, 1.165) is 0 Å². The number of nitrogens with two attached hydrogens (primary N) is 1. The Kier molecular flexibility index (Phi) is 5.03. The van der Waals surface area contributed by atoms with Gasteiger partial charge < -0.3 is 15.4 Å². The maximum atomic E-state index is 11.6. The van der Waals surface area contributed by atoms with Crippen molar-refractivity contribution in [1.29, 1.82) is 0 Å². The molecular weight excluding hydrogens is 250 g/mol. The number of esters is 1. The molecule has 1 aromatic rings. The van der Waals surface area contributed by atoms with Crippen molar-refractivity contribution in [1.82, 2.24) is 4.98 Å². The van der Waals surface area contributed by atoms with Crippen LogP contribution in [0.3, 0.4) is 0 Å². The summed E-state index contributed by atoms with van der Waals surface area (Å²) in [4.78, 5) is 18.2. The average molecular weight is 267 g/mol. The quantitative estimate of drug-likeness (QED) is 0.642. The molecule has 0 saturated heterocycles. The maximum absolute atomic E-state index is 11.6. The van der Waals surface area contributed by atoms with Crippen LogP contribution in [0.5, 0.6) is 0 Å². The Morgan fingerprint density at radius 3 is 2.89 bits per heavy atom. The Morgan fingerprint density at radius 2 is 2.33 bits per heavy atom. The Bertz CT molecular complexity index is 451. The zero-order chi connectivity index (χ0) is 13.7. The molecule has 5 nitrogen and oxygen atoms in total. The summed E-state index contributed by atoms with van der Waals surface area (Å²) in [7, 11) is 3.19. The highest BCUT2D eigenvalue weighted by Crippen LogP contribution is 2.19. The summed E-state index contributed by atoms with van der Waals surface area (Å²) in [5, 5.41) is 0. The van der Waals surface area contributed by atoms with Gasteiger partial charge in [-0.15, -0.1) is 0 Å². The minimum atomic E-state index is -0.410. The number of rotatable bonds is 5. The number of thiocarbonyl (C=S) groups is 1. The number of pyridine rings is 1. The minimum absolute atomic E-state index is 0.0563. The fraction of sp³-hybridized carbons (Fsp3) is 0.417. The minimum Gasteiger partial charge on any atom is -0.465 e. The first-order chi connectivity index (χ1) is 8.47. The molecule has 0 saturated carbocycles. The van der Waals surface area contributed by atoms with Gasteiger partial charge in [-0.05, 0) is 19.1 Å². The monoisotopic (exact) mass is 267 g/mol. The van der Waals surface area contributed by atoms with Gasteiger partial charge in [-0.2, -0.15) is 0 Å². The van der Waals surface area contributed by atoms with Gasteiger partial charge in [-0.3, -0.25) is 0 Å².